The van der Waals surface area contributed by atoms with Crippen LogP contribution in [0, 0.1) is 0 Å². The number of aromatic hydroxyl groups is 1. The highest BCUT2D eigenvalue weighted by Gasteiger charge is 2.15. The van der Waals surface area contributed by atoms with Crippen LogP contribution in [0.1, 0.15) is 28.4 Å². The van der Waals surface area contributed by atoms with Gasteiger partial charge >= 0.3 is 4.87 Å². The predicted molar refractivity (Wildman–Crippen MR) is 136 cm³/mol. The third kappa shape index (κ3) is 6.03. The zero-order chi connectivity index (χ0) is 23.9. The maximum Gasteiger partial charge on any atom is 0.305 e. The van der Waals surface area contributed by atoms with E-state index in [0.717, 1.165) is 36.6 Å². The van der Waals surface area contributed by atoms with Crippen molar-refractivity contribution in [2.75, 3.05) is 20.2 Å². The Kier molecular flexibility index (Phi) is 7.97. The molecule has 1 atom stereocenters. The van der Waals surface area contributed by atoms with Crippen LogP contribution in [-0.4, -0.2) is 35.4 Å². The van der Waals surface area contributed by atoms with E-state index in [-0.39, 0.29) is 10.6 Å². The lowest BCUT2D eigenvalue weighted by atomic mass is 10.1. The van der Waals surface area contributed by atoms with Gasteiger partial charge in [0.15, 0.2) is 0 Å². The van der Waals surface area contributed by atoms with Gasteiger partial charge in [0.1, 0.15) is 17.0 Å². The van der Waals surface area contributed by atoms with E-state index < -0.39 is 6.10 Å². The van der Waals surface area contributed by atoms with Gasteiger partial charge in [-0.25, -0.2) is 0 Å². The zero-order valence-corrected chi connectivity index (χ0v) is 19.8. The number of phenols is 1. The Morgan fingerprint density at radius 2 is 1.74 bits per heavy atom. The number of benzene rings is 3. The lowest BCUT2D eigenvalue weighted by Crippen LogP contribution is -2.24. The minimum Gasteiger partial charge on any atom is -0.506 e. The van der Waals surface area contributed by atoms with E-state index in [2.05, 4.69) is 45.9 Å². The summed E-state index contributed by atoms with van der Waals surface area (Å²) in [5.41, 5.74) is 4.63. The fourth-order valence-corrected chi connectivity index (χ4v) is 4.83. The average molecular weight is 480 g/mol. The first kappa shape index (κ1) is 24.0. The SMILES string of the molecule is COc1cccc(CNCc2cccc(CCNCC(O)c3ccc(O)c4[nH]c(=O)sc34)c2)c1. The standard InChI is InChI=1S/C26H29N3O4S/c1-33-20-7-3-6-19(13-20)15-28-14-18-5-2-4-17(12-18)10-11-27-16-23(31)21-8-9-22(30)24-25(21)34-26(32)29-24/h2-9,12-13,23,27-28,30-31H,10-11,14-16H2,1H3,(H,29,32). The number of thiazole rings is 1. The molecule has 0 saturated heterocycles. The molecule has 0 aliphatic carbocycles. The van der Waals surface area contributed by atoms with Gasteiger partial charge in [-0.05, 0) is 47.9 Å². The summed E-state index contributed by atoms with van der Waals surface area (Å²) in [6.45, 7) is 2.60. The summed E-state index contributed by atoms with van der Waals surface area (Å²) < 4.78 is 5.86. The summed E-state index contributed by atoms with van der Waals surface area (Å²) in [6.07, 6.45) is 0.0561. The highest BCUT2D eigenvalue weighted by atomic mass is 32.1. The molecule has 0 aliphatic heterocycles. The number of H-pyrrole nitrogens is 1. The first-order chi connectivity index (χ1) is 16.5. The van der Waals surface area contributed by atoms with Gasteiger partial charge in [-0.1, -0.05) is 53.8 Å². The Morgan fingerprint density at radius 1 is 1.00 bits per heavy atom. The van der Waals surface area contributed by atoms with Crippen molar-refractivity contribution in [3.63, 3.8) is 0 Å². The molecule has 3 aromatic carbocycles. The van der Waals surface area contributed by atoms with Crippen LogP contribution in [0.25, 0.3) is 10.2 Å². The third-order valence-electron chi connectivity index (χ3n) is 5.66. The maximum atomic E-state index is 11.7. The smallest absolute Gasteiger partial charge is 0.305 e. The molecule has 0 radical (unpaired) electrons. The van der Waals surface area contributed by atoms with Crippen LogP contribution >= 0.6 is 11.3 Å². The lowest BCUT2D eigenvalue weighted by molar-refractivity contribution is 0.176. The largest absolute Gasteiger partial charge is 0.506 e. The second-order valence-electron chi connectivity index (χ2n) is 8.14. The van der Waals surface area contributed by atoms with Crippen molar-refractivity contribution < 1.29 is 14.9 Å². The van der Waals surface area contributed by atoms with E-state index in [0.29, 0.717) is 28.9 Å². The number of rotatable bonds is 11. The normalized spacial score (nSPS) is 12.2. The van der Waals surface area contributed by atoms with Crippen LogP contribution in [0.3, 0.4) is 0 Å². The second kappa shape index (κ2) is 11.3. The van der Waals surface area contributed by atoms with Crippen LogP contribution in [0.2, 0.25) is 0 Å². The van der Waals surface area contributed by atoms with Crippen LogP contribution in [0.15, 0.2) is 65.5 Å². The Labute approximate surface area is 202 Å². The van der Waals surface area contributed by atoms with Gasteiger partial charge in [0.2, 0.25) is 0 Å². The second-order valence-corrected chi connectivity index (χ2v) is 9.12. The first-order valence-corrected chi connectivity index (χ1v) is 12.0. The van der Waals surface area contributed by atoms with Crippen molar-refractivity contribution in [2.24, 2.45) is 0 Å². The minimum absolute atomic E-state index is 0.00938. The molecule has 7 nitrogen and oxygen atoms in total. The van der Waals surface area contributed by atoms with E-state index in [4.69, 9.17) is 4.74 Å². The maximum absolute atomic E-state index is 11.7. The molecule has 5 N–H and O–H groups in total. The molecule has 34 heavy (non-hydrogen) atoms. The molecular weight excluding hydrogens is 450 g/mol. The molecular formula is C26H29N3O4S. The summed E-state index contributed by atoms with van der Waals surface area (Å²) in [4.78, 5) is 14.0. The molecule has 8 heteroatoms. The molecule has 0 saturated carbocycles. The molecule has 4 rings (SSSR count). The number of aliphatic hydroxyl groups excluding tert-OH is 1. The van der Waals surface area contributed by atoms with Gasteiger partial charge in [-0.15, -0.1) is 0 Å². The number of phenolic OH excluding ortho intramolecular Hbond substituents is 1. The molecule has 178 valence electrons. The van der Waals surface area contributed by atoms with E-state index >= 15 is 0 Å². The molecule has 0 amide bonds. The van der Waals surface area contributed by atoms with Crippen molar-refractivity contribution in [1.29, 1.82) is 0 Å². The van der Waals surface area contributed by atoms with Gasteiger partial charge in [-0.2, -0.15) is 0 Å². The Morgan fingerprint density at radius 3 is 2.53 bits per heavy atom. The molecule has 1 aromatic heterocycles. The van der Waals surface area contributed by atoms with Crippen LogP contribution in [0.5, 0.6) is 11.5 Å². The number of methoxy groups -OCH3 is 1. The minimum atomic E-state index is -0.776. The van der Waals surface area contributed by atoms with Gasteiger partial charge in [0, 0.05) is 25.2 Å². The number of aromatic amines is 1. The number of fused-ring (bicyclic) bond motifs is 1. The molecule has 4 aromatic rings. The third-order valence-corrected chi connectivity index (χ3v) is 6.59. The van der Waals surface area contributed by atoms with Crippen molar-refractivity contribution in [2.45, 2.75) is 25.6 Å². The van der Waals surface area contributed by atoms with E-state index in [1.54, 1.807) is 13.2 Å². The Hall–Kier alpha value is -3.17. The Bertz CT molecular complexity index is 1300. The van der Waals surface area contributed by atoms with Crippen molar-refractivity contribution >= 4 is 21.6 Å². The van der Waals surface area contributed by atoms with Crippen LogP contribution in [0.4, 0.5) is 0 Å². The van der Waals surface area contributed by atoms with Gasteiger partial charge in [0.25, 0.3) is 0 Å². The molecule has 0 fully saturated rings. The average Bonchev–Trinajstić information content (AvgIpc) is 3.24. The summed E-state index contributed by atoms with van der Waals surface area (Å²) in [5.74, 6) is 0.868. The number of aromatic nitrogens is 1. The lowest BCUT2D eigenvalue weighted by Gasteiger charge is -2.14. The molecule has 0 aliphatic rings. The number of ether oxygens (including phenoxy) is 1. The molecule has 0 spiro atoms. The Balaban J connectivity index is 1.25. The highest BCUT2D eigenvalue weighted by molar-refractivity contribution is 7.16. The summed E-state index contributed by atoms with van der Waals surface area (Å²) in [7, 11) is 1.67. The van der Waals surface area contributed by atoms with Crippen molar-refractivity contribution in [1.82, 2.24) is 15.6 Å². The number of hydrogen-bond donors (Lipinski definition) is 5. The fourth-order valence-electron chi connectivity index (χ4n) is 3.91. The first-order valence-electron chi connectivity index (χ1n) is 11.2. The number of aliphatic hydroxyl groups is 1. The molecule has 1 heterocycles. The summed E-state index contributed by atoms with van der Waals surface area (Å²) >= 11 is 0.995. The molecule has 0 bridgehead atoms. The fraction of sp³-hybridized carbons (Fsp3) is 0.269. The van der Waals surface area contributed by atoms with Crippen molar-refractivity contribution in [3.05, 3.63) is 92.6 Å². The van der Waals surface area contributed by atoms with Crippen molar-refractivity contribution in [3.8, 4) is 11.5 Å². The monoisotopic (exact) mass is 479 g/mol. The van der Waals surface area contributed by atoms with Crippen LogP contribution < -0.4 is 20.2 Å². The quantitative estimate of drug-likeness (QED) is 0.211. The van der Waals surface area contributed by atoms with E-state index in [9.17, 15) is 15.0 Å². The highest BCUT2D eigenvalue weighted by Crippen LogP contribution is 2.31. The zero-order valence-electron chi connectivity index (χ0n) is 19.0. The number of nitrogens with one attached hydrogen (secondary N) is 3. The van der Waals surface area contributed by atoms with Gasteiger partial charge in [0.05, 0.1) is 17.9 Å². The van der Waals surface area contributed by atoms with Crippen LogP contribution in [-0.2, 0) is 19.5 Å². The van der Waals surface area contributed by atoms with Gasteiger partial charge in [-0.3, -0.25) is 4.79 Å². The number of hydrogen-bond acceptors (Lipinski definition) is 7. The van der Waals surface area contributed by atoms with Gasteiger partial charge < -0.3 is 30.6 Å². The topological polar surface area (TPSA) is 107 Å². The summed E-state index contributed by atoms with van der Waals surface area (Å²) in [5, 5.41) is 27.3. The van der Waals surface area contributed by atoms with E-state index in [1.807, 2.05) is 18.2 Å². The van der Waals surface area contributed by atoms with E-state index in [1.165, 1.54) is 22.8 Å². The summed E-state index contributed by atoms with van der Waals surface area (Å²) in [6, 6.07) is 19.7. The molecule has 1 unspecified atom stereocenters. The predicted octanol–water partition coefficient (Wildman–Crippen LogP) is 3.46.